The number of benzene rings is 2. The first kappa shape index (κ1) is 17.7. The Kier molecular flexibility index (Phi) is 4.62. The number of hydrogen-bond acceptors (Lipinski definition) is 4. The Morgan fingerprint density at radius 2 is 1.97 bits per heavy atom. The maximum absolute atomic E-state index is 12.2. The van der Waals surface area contributed by atoms with Gasteiger partial charge in [0.05, 0.1) is 23.8 Å². The van der Waals surface area contributed by atoms with Crippen LogP contribution in [0.1, 0.15) is 21.9 Å². The van der Waals surface area contributed by atoms with Gasteiger partial charge >= 0.3 is 0 Å². The fourth-order valence-corrected chi connectivity index (χ4v) is 3.87. The summed E-state index contributed by atoms with van der Waals surface area (Å²) in [5.41, 5.74) is 4.10. The molecule has 0 aliphatic carbocycles. The van der Waals surface area contributed by atoms with E-state index in [1.807, 2.05) is 18.2 Å². The van der Waals surface area contributed by atoms with Crippen LogP contribution < -0.4 is 5.32 Å². The second kappa shape index (κ2) is 7.56. The minimum atomic E-state index is -0.259. The van der Waals surface area contributed by atoms with Crippen LogP contribution in [0.3, 0.4) is 0 Å². The van der Waals surface area contributed by atoms with Crippen LogP contribution in [0.5, 0.6) is 0 Å². The summed E-state index contributed by atoms with van der Waals surface area (Å²) in [7, 11) is 0. The number of nitrogens with one attached hydrogen (secondary N) is 1. The average Bonchev–Trinajstić information content (AvgIpc) is 3.40. The van der Waals surface area contributed by atoms with E-state index < -0.39 is 0 Å². The third kappa shape index (κ3) is 3.67. The molecule has 0 bridgehead atoms. The zero-order chi connectivity index (χ0) is 19.6. The predicted molar refractivity (Wildman–Crippen MR) is 112 cm³/mol. The van der Waals surface area contributed by atoms with Gasteiger partial charge in [0.25, 0.3) is 5.91 Å². The monoisotopic (exact) mass is 386 g/mol. The summed E-state index contributed by atoms with van der Waals surface area (Å²) in [5.74, 6) is 1.11. The lowest BCUT2D eigenvalue weighted by molar-refractivity contribution is 0.0996. The van der Waals surface area contributed by atoms with Gasteiger partial charge in [-0.25, -0.2) is 4.98 Å². The lowest BCUT2D eigenvalue weighted by atomic mass is 10.1. The molecule has 2 aromatic heterocycles. The van der Waals surface area contributed by atoms with Gasteiger partial charge in [-0.1, -0.05) is 30.3 Å². The molecule has 0 saturated carbocycles. The Morgan fingerprint density at radius 1 is 1.07 bits per heavy atom. The van der Waals surface area contributed by atoms with Crippen LogP contribution in [0.4, 0.5) is 5.69 Å². The van der Waals surface area contributed by atoms with E-state index >= 15 is 0 Å². The summed E-state index contributed by atoms with van der Waals surface area (Å²) in [6.07, 6.45) is 2.54. The van der Waals surface area contributed by atoms with Crippen molar-refractivity contribution in [3.05, 3.63) is 84.1 Å². The minimum Gasteiger partial charge on any atom is -0.459 e. The van der Waals surface area contributed by atoms with E-state index in [-0.39, 0.29) is 5.91 Å². The number of nitrogens with zero attached hydrogens (tertiary/aromatic N) is 3. The normalized spacial score (nSPS) is 14.1. The summed E-state index contributed by atoms with van der Waals surface area (Å²) in [4.78, 5) is 19.5. The van der Waals surface area contributed by atoms with E-state index in [9.17, 15) is 4.79 Å². The van der Waals surface area contributed by atoms with Crippen molar-refractivity contribution < 1.29 is 9.21 Å². The van der Waals surface area contributed by atoms with Gasteiger partial charge in [0.2, 0.25) is 0 Å². The highest BCUT2D eigenvalue weighted by Crippen LogP contribution is 2.24. The zero-order valence-corrected chi connectivity index (χ0v) is 16.0. The van der Waals surface area contributed by atoms with Gasteiger partial charge in [-0.05, 0) is 42.3 Å². The summed E-state index contributed by atoms with van der Waals surface area (Å²) < 4.78 is 7.43. The van der Waals surface area contributed by atoms with Crippen molar-refractivity contribution in [1.82, 2.24) is 14.5 Å². The number of hydrogen-bond donors (Lipinski definition) is 1. The number of furan rings is 1. The highest BCUT2D eigenvalue weighted by atomic mass is 16.3. The molecular weight excluding hydrogens is 364 g/mol. The molecule has 1 N–H and O–H groups in total. The molecule has 1 aliphatic rings. The van der Waals surface area contributed by atoms with Gasteiger partial charge < -0.3 is 14.3 Å². The standard InChI is InChI=1S/C23H22N4O2/c28-23(21-7-4-14-29-21)24-18-8-9-20-19(15-18)25-22-16-26(12-13-27(20)22)11-10-17-5-2-1-3-6-17/h1-9,14-15H,10-13,16H2,(H,24,28). The van der Waals surface area contributed by atoms with Gasteiger partial charge in [0.1, 0.15) is 5.82 Å². The molecule has 146 valence electrons. The van der Waals surface area contributed by atoms with Crippen LogP contribution in [0.15, 0.2) is 71.3 Å². The molecule has 0 fully saturated rings. The highest BCUT2D eigenvalue weighted by molar-refractivity contribution is 6.03. The number of fused-ring (bicyclic) bond motifs is 3. The van der Waals surface area contributed by atoms with E-state index in [1.165, 1.54) is 11.8 Å². The van der Waals surface area contributed by atoms with Crippen LogP contribution in [0, 0.1) is 0 Å². The van der Waals surface area contributed by atoms with Crippen LogP contribution >= 0.6 is 0 Å². The Hall–Kier alpha value is -3.38. The number of amides is 1. The molecule has 0 spiro atoms. The SMILES string of the molecule is O=C(Nc1ccc2c(c1)nc1n2CCN(CCc2ccccc2)C1)c1ccco1. The van der Waals surface area contributed by atoms with Crippen LogP contribution in [-0.2, 0) is 19.5 Å². The van der Waals surface area contributed by atoms with Crippen molar-refractivity contribution in [2.24, 2.45) is 0 Å². The molecule has 1 amide bonds. The molecule has 3 heterocycles. The fourth-order valence-electron chi connectivity index (χ4n) is 3.87. The zero-order valence-electron chi connectivity index (χ0n) is 16.0. The molecule has 0 saturated heterocycles. The predicted octanol–water partition coefficient (Wildman–Crippen LogP) is 3.94. The topological polar surface area (TPSA) is 63.3 Å². The van der Waals surface area contributed by atoms with E-state index in [4.69, 9.17) is 9.40 Å². The molecule has 4 aromatic rings. The Bertz CT molecular complexity index is 1130. The largest absolute Gasteiger partial charge is 0.459 e. The fraction of sp³-hybridized carbons (Fsp3) is 0.217. The van der Waals surface area contributed by atoms with Crippen molar-refractivity contribution in [2.45, 2.75) is 19.5 Å². The molecule has 0 radical (unpaired) electrons. The van der Waals surface area contributed by atoms with Crippen LogP contribution in [-0.4, -0.2) is 33.4 Å². The van der Waals surface area contributed by atoms with E-state index in [1.54, 1.807) is 12.1 Å². The number of carbonyl (C=O) groups is 1. The van der Waals surface area contributed by atoms with E-state index in [2.05, 4.69) is 45.1 Å². The first-order valence-electron chi connectivity index (χ1n) is 9.86. The quantitative estimate of drug-likeness (QED) is 0.564. The summed E-state index contributed by atoms with van der Waals surface area (Å²) in [6, 6.07) is 19.8. The van der Waals surface area contributed by atoms with E-state index in [0.29, 0.717) is 5.76 Å². The first-order chi connectivity index (χ1) is 14.3. The first-order valence-corrected chi connectivity index (χ1v) is 9.86. The summed E-state index contributed by atoms with van der Waals surface area (Å²) >= 11 is 0. The molecule has 1 aliphatic heterocycles. The molecule has 6 heteroatoms. The third-order valence-electron chi connectivity index (χ3n) is 5.39. The Morgan fingerprint density at radius 3 is 2.79 bits per heavy atom. The van der Waals surface area contributed by atoms with Crippen LogP contribution in [0.2, 0.25) is 0 Å². The molecule has 6 nitrogen and oxygen atoms in total. The van der Waals surface area contributed by atoms with Gasteiger partial charge in [0, 0.05) is 25.3 Å². The lowest BCUT2D eigenvalue weighted by Crippen LogP contribution is -2.35. The van der Waals surface area contributed by atoms with Crippen molar-refractivity contribution >= 4 is 22.6 Å². The van der Waals surface area contributed by atoms with Crippen molar-refractivity contribution in [2.75, 3.05) is 18.4 Å². The second-order valence-corrected chi connectivity index (χ2v) is 7.33. The van der Waals surface area contributed by atoms with Crippen molar-refractivity contribution in [1.29, 1.82) is 0 Å². The maximum Gasteiger partial charge on any atom is 0.291 e. The highest BCUT2D eigenvalue weighted by Gasteiger charge is 2.20. The number of rotatable bonds is 5. The number of aromatic nitrogens is 2. The number of carbonyl (C=O) groups excluding carboxylic acids is 1. The molecule has 0 unspecified atom stereocenters. The molecular formula is C23H22N4O2. The Labute approximate surface area is 168 Å². The number of imidazole rings is 1. The summed E-state index contributed by atoms with van der Waals surface area (Å²) in [5, 5.41) is 2.87. The Balaban J connectivity index is 1.30. The van der Waals surface area contributed by atoms with Gasteiger partial charge in [0.15, 0.2) is 5.76 Å². The second-order valence-electron chi connectivity index (χ2n) is 7.33. The minimum absolute atomic E-state index is 0.259. The van der Waals surface area contributed by atoms with Gasteiger partial charge in [-0.3, -0.25) is 9.69 Å². The van der Waals surface area contributed by atoms with Crippen molar-refractivity contribution in [3.63, 3.8) is 0 Å². The van der Waals surface area contributed by atoms with Crippen molar-refractivity contribution in [3.8, 4) is 0 Å². The van der Waals surface area contributed by atoms with Gasteiger partial charge in [-0.2, -0.15) is 0 Å². The number of anilines is 1. The average molecular weight is 386 g/mol. The molecule has 0 atom stereocenters. The van der Waals surface area contributed by atoms with Crippen LogP contribution in [0.25, 0.3) is 11.0 Å². The summed E-state index contributed by atoms with van der Waals surface area (Å²) in [6.45, 7) is 3.81. The van der Waals surface area contributed by atoms with Gasteiger partial charge in [-0.15, -0.1) is 0 Å². The van der Waals surface area contributed by atoms with E-state index in [0.717, 1.165) is 55.1 Å². The lowest BCUT2D eigenvalue weighted by Gasteiger charge is -2.27. The molecule has 5 rings (SSSR count). The molecule has 29 heavy (non-hydrogen) atoms. The molecule has 2 aromatic carbocycles. The smallest absolute Gasteiger partial charge is 0.291 e. The maximum atomic E-state index is 12.2. The third-order valence-corrected chi connectivity index (χ3v) is 5.39.